The molecule has 1 aromatic carbocycles. The van der Waals surface area contributed by atoms with Crippen LogP contribution in [0.5, 0.6) is 11.5 Å². The first-order valence-electron chi connectivity index (χ1n) is 4.03. The molecule has 96 valence electrons. The summed E-state index contributed by atoms with van der Waals surface area (Å²) in [5.74, 6) is -1.32. The Morgan fingerprint density at radius 1 is 1.24 bits per heavy atom. The molecule has 0 aromatic heterocycles. The molecule has 0 aliphatic heterocycles. The predicted octanol–water partition coefficient (Wildman–Crippen LogP) is 2.31. The Bertz CT molecular complexity index is 509. The van der Waals surface area contributed by atoms with Gasteiger partial charge in [-0.05, 0) is 18.2 Å². The molecular weight excluding hydrogens is 268 g/mol. The molecule has 4 nitrogen and oxygen atoms in total. The molecule has 0 saturated heterocycles. The summed E-state index contributed by atoms with van der Waals surface area (Å²) in [4.78, 5) is 0. The van der Waals surface area contributed by atoms with Crippen LogP contribution in [-0.4, -0.2) is 15.5 Å². The summed E-state index contributed by atoms with van der Waals surface area (Å²) in [6, 6.07) is 2.16. The summed E-state index contributed by atoms with van der Waals surface area (Å²) < 4.78 is 78.1. The minimum absolute atomic E-state index is 0.166. The number of benzene rings is 1. The third-order valence-corrected chi connectivity index (χ3v) is 2.06. The number of hydrogen-bond donors (Lipinski definition) is 0. The van der Waals surface area contributed by atoms with Gasteiger partial charge in [0.1, 0.15) is 11.3 Å². The van der Waals surface area contributed by atoms with Gasteiger partial charge in [-0.1, -0.05) is 3.89 Å². The van der Waals surface area contributed by atoms with Gasteiger partial charge in [0.25, 0.3) is 0 Å². The van der Waals surface area contributed by atoms with Crippen molar-refractivity contribution < 1.29 is 34.4 Å². The van der Waals surface area contributed by atoms with E-state index in [1.54, 1.807) is 0 Å². The molecule has 9 heteroatoms. The fourth-order valence-electron chi connectivity index (χ4n) is 1.04. The Labute approximate surface area is 94.2 Å². The van der Waals surface area contributed by atoms with Crippen LogP contribution in [0.3, 0.4) is 0 Å². The van der Waals surface area contributed by atoms with Crippen molar-refractivity contribution >= 4 is 10.5 Å². The zero-order valence-corrected chi connectivity index (χ0v) is 9.10. The van der Waals surface area contributed by atoms with Crippen molar-refractivity contribution in [2.24, 2.45) is 0 Å². The zero-order chi connectivity index (χ0) is 13.3. The molecule has 0 aliphatic rings. The standard InChI is InChI=1S/C8H6F4O4S/c1-15-5-2-3-7(16-17(12,13)14)6(4-5)8(9,10)11/h2-4H,1H3. The van der Waals surface area contributed by atoms with Crippen LogP contribution in [0.1, 0.15) is 5.56 Å². The van der Waals surface area contributed by atoms with E-state index < -0.39 is 28.0 Å². The normalized spacial score (nSPS) is 12.3. The number of ether oxygens (including phenoxy) is 1. The summed E-state index contributed by atoms with van der Waals surface area (Å²) >= 11 is 0. The maximum absolute atomic E-state index is 12.5. The van der Waals surface area contributed by atoms with Crippen LogP contribution in [-0.2, 0) is 16.7 Å². The Balaban J connectivity index is 3.30. The second-order valence-electron chi connectivity index (χ2n) is 2.84. The van der Waals surface area contributed by atoms with Crippen molar-refractivity contribution in [3.63, 3.8) is 0 Å². The first kappa shape index (κ1) is 13.6. The van der Waals surface area contributed by atoms with E-state index in [-0.39, 0.29) is 5.75 Å². The lowest BCUT2D eigenvalue weighted by molar-refractivity contribution is -0.138. The second kappa shape index (κ2) is 4.40. The molecule has 0 amide bonds. The monoisotopic (exact) mass is 274 g/mol. The third kappa shape index (κ3) is 3.77. The molecule has 0 N–H and O–H groups in total. The highest BCUT2D eigenvalue weighted by molar-refractivity contribution is 7.81. The Kier molecular flexibility index (Phi) is 3.51. The lowest BCUT2D eigenvalue weighted by Crippen LogP contribution is -2.11. The lowest BCUT2D eigenvalue weighted by Gasteiger charge is -2.12. The van der Waals surface area contributed by atoms with Gasteiger partial charge in [-0.25, -0.2) is 0 Å². The fourth-order valence-corrected chi connectivity index (χ4v) is 1.40. The molecule has 0 spiro atoms. The number of methoxy groups -OCH3 is 1. The molecule has 0 unspecified atom stereocenters. The maximum Gasteiger partial charge on any atom is 0.488 e. The molecule has 0 radical (unpaired) electrons. The molecule has 0 fully saturated rings. The van der Waals surface area contributed by atoms with E-state index in [1.807, 2.05) is 0 Å². The summed E-state index contributed by atoms with van der Waals surface area (Å²) in [5, 5.41) is 0. The summed E-state index contributed by atoms with van der Waals surface area (Å²) in [7, 11) is -4.39. The summed E-state index contributed by atoms with van der Waals surface area (Å²) in [6.45, 7) is 0. The Hall–Kier alpha value is -1.51. The van der Waals surface area contributed by atoms with E-state index in [4.69, 9.17) is 0 Å². The summed E-state index contributed by atoms with van der Waals surface area (Å²) in [6.07, 6.45) is -4.89. The van der Waals surface area contributed by atoms with Crippen LogP contribution in [0.25, 0.3) is 0 Å². The average molecular weight is 274 g/mol. The molecule has 0 heterocycles. The van der Waals surface area contributed by atoms with Crippen LogP contribution >= 0.6 is 0 Å². The van der Waals surface area contributed by atoms with Crippen molar-refractivity contribution in [1.82, 2.24) is 0 Å². The van der Waals surface area contributed by atoms with Crippen molar-refractivity contribution in [2.45, 2.75) is 6.18 Å². The van der Waals surface area contributed by atoms with Gasteiger partial charge < -0.3 is 8.92 Å². The van der Waals surface area contributed by atoms with E-state index in [2.05, 4.69) is 8.92 Å². The molecule has 0 saturated carbocycles. The van der Waals surface area contributed by atoms with Crippen molar-refractivity contribution in [1.29, 1.82) is 0 Å². The van der Waals surface area contributed by atoms with Gasteiger partial charge in [0.2, 0.25) is 0 Å². The molecule has 1 rings (SSSR count). The van der Waals surface area contributed by atoms with Crippen molar-refractivity contribution in [3.8, 4) is 11.5 Å². The number of alkyl halides is 3. The Morgan fingerprint density at radius 2 is 1.82 bits per heavy atom. The molecule has 17 heavy (non-hydrogen) atoms. The zero-order valence-electron chi connectivity index (χ0n) is 8.29. The molecular formula is C8H6F4O4S. The van der Waals surface area contributed by atoms with Crippen LogP contribution in [0.15, 0.2) is 18.2 Å². The van der Waals surface area contributed by atoms with E-state index >= 15 is 0 Å². The van der Waals surface area contributed by atoms with Crippen LogP contribution in [0, 0.1) is 0 Å². The van der Waals surface area contributed by atoms with Gasteiger partial charge in [0.15, 0.2) is 5.75 Å². The van der Waals surface area contributed by atoms with Gasteiger partial charge in [0, 0.05) is 0 Å². The quantitative estimate of drug-likeness (QED) is 0.627. The largest absolute Gasteiger partial charge is 0.497 e. The van der Waals surface area contributed by atoms with Crippen molar-refractivity contribution in [3.05, 3.63) is 23.8 Å². The minimum atomic E-state index is -5.52. The molecule has 1 aromatic rings. The van der Waals surface area contributed by atoms with Crippen LogP contribution < -0.4 is 8.92 Å². The van der Waals surface area contributed by atoms with Gasteiger partial charge >= 0.3 is 16.7 Å². The van der Waals surface area contributed by atoms with E-state index in [9.17, 15) is 25.5 Å². The highest BCUT2D eigenvalue weighted by atomic mass is 32.3. The van der Waals surface area contributed by atoms with E-state index in [0.717, 1.165) is 13.2 Å². The fraction of sp³-hybridized carbons (Fsp3) is 0.250. The molecule has 0 bridgehead atoms. The van der Waals surface area contributed by atoms with Gasteiger partial charge in [-0.2, -0.15) is 21.6 Å². The number of halogens is 4. The molecule has 0 atom stereocenters. The maximum atomic E-state index is 12.5. The highest BCUT2D eigenvalue weighted by Gasteiger charge is 2.36. The first-order chi connectivity index (χ1) is 7.63. The van der Waals surface area contributed by atoms with E-state index in [1.165, 1.54) is 0 Å². The van der Waals surface area contributed by atoms with E-state index in [0.29, 0.717) is 12.1 Å². The summed E-state index contributed by atoms with van der Waals surface area (Å²) in [5.41, 5.74) is -1.45. The first-order valence-corrected chi connectivity index (χ1v) is 5.33. The minimum Gasteiger partial charge on any atom is -0.497 e. The van der Waals surface area contributed by atoms with Crippen LogP contribution in [0.4, 0.5) is 17.1 Å². The topological polar surface area (TPSA) is 52.6 Å². The predicted molar refractivity (Wildman–Crippen MR) is 48.7 cm³/mol. The second-order valence-corrected chi connectivity index (χ2v) is 3.79. The Morgan fingerprint density at radius 3 is 2.24 bits per heavy atom. The van der Waals surface area contributed by atoms with Crippen LogP contribution in [0.2, 0.25) is 0 Å². The third-order valence-electron chi connectivity index (χ3n) is 1.68. The smallest absolute Gasteiger partial charge is 0.488 e. The van der Waals surface area contributed by atoms with Gasteiger partial charge in [-0.3, -0.25) is 0 Å². The SMILES string of the molecule is COc1ccc(OS(=O)(=O)F)c(C(F)(F)F)c1. The average Bonchev–Trinajstić information content (AvgIpc) is 2.14. The highest BCUT2D eigenvalue weighted by Crippen LogP contribution is 2.38. The van der Waals surface area contributed by atoms with Gasteiger partial charge in [-0.15, -0.1) is 0 Å². The molecule has 0 aliphatic carbocycles. The van der Waals surface area contributed by atoms with Gasteiger partial charge in [0.05, 0.1) is 7.11 Å². The lowest BCUT2D eigenvalue weighted by atomic mass is 10.2. The number of hydrogen-bond acceptors (Lipinski definition) is 4. The van der Waals surface area contributed by atoms with Crippen molar-refractivity contribution in [2.75, 3.05) is 7.11 Å². The number of rotatable bonds is 3.